The number of primary amides is 1. The Balaban J connectivity index is 0.770. The minimum atomic E-state index is -1.55. The number of hydrogen-bond acceptors (Lipinski definition) is 15. The molecule has 5 fully saturated rings. The first kappa shape index (κ1) is 52.4. The number of amides is 5. The van der Waals surface area contributed by atoms with Gasteiger partial charge in [-0.1, -0.05) is 30.7 Å². The number of nitrogens with one attached hydrogen (secondary N) is 3. The summed E-state index contributed by atoms with van der Waals surface area (Å²) in [6, 6.07) is 19.5. The molecule has 5 heterocycles. The molecule has 0 radical (unpaired) electrons. The number of piperidine rings is 1. The molecule has 9 rings (SSSR count). The van der Waals surface area contributed by atoms with Crippen LogP contribution in [0.3, 0.4) is 0 Å². The molecule has 400 valence electrons. The van der Waals surface area contributed by atoms with Gasteiger partial charge in [-0.3, -0.25) is 14.4 Å². The van der Waals surface area contributed by atoms with Crippen molar-refractivity contribution in [2.45, 2.75) is 140 Å². The van der Waals surface area contributed by atoms with Crippen LogP contribution < -0.4 is 46.7 Å². The molecule has 8 N–H and O–H groups in total. The number of carboxylic acids is 1. The zero-order chi connectivity index (χ0) is 52.9. The Morgan fingerprint density at radius 1 is 0.893 bits per heavy atom. The number of fused-ring (bicyclic) bond motifs is 2. The lowest BCUT2D eigenvalue weighted by molar-refractivity contribution is -0.162. The van der Waals surface area contributed by atoms with Gasteiger partial charge in [0.25, 0.3) is 0 Å². The molecule has 2 bridgehead atoms. The summed E-state index contributed by atoms with van der Waals surface area (Å²) in [7, 11) is 0. The third kappa shape index (κ3) is 12.6. The number of aliphatic carboxylic acids is 1. The fourth-order valence-electron chi connectivity index (χ4n) is 10.6. The van der Waals surface area contributed by atoms with Gasteiger partial charge in [0.05, 0.1) is 23.6 Å². The van der Waals surface area contributed by atoms with Gasteiger partial charge in [0, 0.05) is 86.9 Å². The first-order chi connectivity index (χ1) is 36.0. The highest BCUT2D eigenvalue weighted by atomic mass is 16.6. The molecule has 3 aliphatic heterocycles. The molecule has 3 saturated heterocycles. The Kier molecular flexibility index (Phi) is 15.8. The first-order valence-corrected chi connectivity index (χ1v) is 26.1. The maximum atomic E-state index is 13.5. The van der Waals surface area contributed by atoms with E-state index < -0.39 is 40.9 Å². The van der Waals surface area contributed by atoms with Gasteiger partial charge >= 0.3 is 18.1 Å². The topological polar surface area (TPSA) is 279 Å². The van der Waals surface area contributed by atoms with Crippen LogP contribution in [0.4, 0.5) is 32.5 Å². The number of urea groups is 1. The van der Waals surface area contributed by atoms with Crippen molar-refractivity contribution in [1.82, 2.24) is 30.7 Å². The minimum Gasteiger partial charge on any atom is -0.488 e. The number of benzene rings is 2. The van der Waals surface area contributed by atoms with E-state index in [4.69, 9.17) is 30.4 Å². The van der Waals surface area contributed by atoms with Crippen LogP contribution in [0.25, 0.3) is 11.3 Å². The number of pyridine rings is 1. The van der Waals surface area contributed by atoms with E-state index in [0.717, 1.165) is 74.1 Å². The van der Waals surface area contributed by atoms with Gasteiger partial charge in [0.1, 0.15) is 35.5 Å². The number of nitrogens with two attached hydrogens (primary N) is 2. The highest BCUT2D eigenvalue weighted by Gasteiger charge is 2.52. The molecule has 5 amide bonds. The number of nitrogen functional groups attached to an aromatic ring is 1. The number of carboxylic acid groups (broad SMARTS) is 1. The number of carbonyl (C=O) groups is 5. The van der Waals surface area contributed by atoms with E-state index in [9.17, 15) is 29.1 Å². The van der Waals surface area contributed by atoms with Crippen molar-refractivity contribution < 1.29 is 48.0 Å². The molecule has 75 heavy (non-hydrogen) atoms. The smallest absolute Gasteiger partial charge is 0.410 e. The molecule has 0 spiro atoms. The minimum absolute atomic E-state index is 0.0308. The summed E-state index contributed by atoms with van der Waals surface area (Å²) in [5.74, 6) is -0.889. The third-order valence-electron chi connectivity index (χ3n) is 14.9. The van der Waals surface area contributed by atoms with Crippen LogP contribution in [0.1, 0.15) is 97.0 Å². The van der Waals surface area contributed by atoms with E-state index in [-0.39, 0.29) is 68.9 Å². The van der Waals surface area contributed by atoms with Gasteiger partial charge in [0.15, 0.2) is 5.82 Å². The number of piperazine rings is 1. The Morgan fingerprint density at radius 3 is 2.28 bits per heavy atom. The summed E-state index contributed by atoms with van der Waals surface area (Å²) in [6.45, 7) is 8.76. The largest absolute Gasteiger partial charge is 0.488 e. The van der Waals surface area contributed by atoms with Gasteiger partial charge in [-0.25, -0.2) is 14.6 Å². The molecule has 2 saturated carbocycles. The number of hydrogen-bond donors (Lipinski definition) is 6. The number of aromatic nitrogens is 3. The van der Waals surface area contributed by atoms with Gasteiger partial charge in [0.2, 0.25) is 17.7 Å². The molecule has 2 unspecified atom stereocenters. The fourth-order valence-corrected chi connectivity index (χ4v) is 10.6. The highest BCUT2D eigenvalue weighted by molar-refractivity contribution is 6.05. The van der Waals surface area contributed by atoms with Crippen molar-refractivity contribution in [2.75, 3.05) is 53.6 Å². The second-order valence-corrected chi connectivity index (χ2v) is 21.4. The molecule has 4 aromatic rings. The second kappa shape index (κ2) is 22.6. The SMILES string of the molecule is CC(C)(C)OC(=O)N1CCC(O[C@H]2C[C@H](Oc3cc(N4C5CCC4CN(c4cc(-c6ccccc6OCc6ccc(NC(=O)[C@H](CCCNC(N)=O)NC(=O)C7(C(=O)O)CCC7)cc6)nnc4N)C5)ccn3)C2)CC1. The lowest BCUT2D eigenvalue weighted by Crippen LogP contribution is -2.55. The average molecular weight is 1030 g/mol. The normalized spacial score (nSPS) is 21.5. The number of nitrogens with zero attached hydrogens (tertiary/aromatic N) is 6. The van der Waals surface area contributed by atoms with E-state index in [1.165, 1.54) is 0 Å². The predicted molar refractivity (Wildman–Crippen MR) is 279 cm³/mol. The van der Waals surface area contributed by atoms with Gasteiger partial charge in [-0.05, 0) is 114 Å². The van der Waals surface area contributed by atoms with E-state index in [2.05, 4.69) is 53.1 Å². The maximum Gasteiger partial charge on any atom is 0.410 e. The molecular weight excluding hydrogens is 963 g/mol. The lowest BCUT2D eigenvalue weighted by atomic mass is 9.68. The Hall–Kier alpha value is -7.42. The van der Waals surface area contributed by atoms with Crippen LogP contribution in [0.15, 0.2) is 72.9 Å². The van der Waals surface area contributed by atoms with Crippen molar-refractivity contribution in [3.8, 4) is 22.9 Å². The fraction of sp³-hybridized carbons (Fsp3) is 0.519. The van der Waals surface area contributed by atoms with Gasteiger partial charge < -0.3 is 66.2 Å². The molecule has 3 atom stereocenters. The quantitative estimate of drug-likeness (QED) is 0.0463. The van der Waals surface area contributed by atoms with Crippen LogP contribution in [0, 0.1) is 5.41 Å². The zero-order valence-corrected chi connectivity index (χ0v) is 42.9. The number of likely N-dealkylation sites (tertiary alicyclic amines) is 1. The van der Waals surface area contributed by atoms with Crippen molar-refractivity contribution in [1.29, 1.82) is 0 Å². The molecule has 2 aromatic heterocycles. The number of anilines is 4. The van der Waals surface area contributed by atoms with Crippen molar-refractivity contribution in [2.24, 2.45) is 11.1 Å². The Bertz CT molecular complexity index is 2690. The van der Waals surface area contributed by atoms with E-state index in [0.29, 0.717) is 54.8 Å². The summed E-state index contributed by atoms with van der Waals surface area (Å²) in [6.07, 6.45) is 8.53. The monoisotopic (exact) mass is 1030 g/mol. The summed E-state index contributed by atoms with van der Waals surface area (Å²) >= 11 is 0. The molecular formula is C54H69N11O10. The Labute approximate surface area is 436 Å². The van der Waals surface area contributed by atoms with E-state index in [1.807, 2.05) is 69.4 Å². The van der Waals surface area contributed by atoms with Crippen LogP contribution >= 0.6 is 0 Å². The average Bonchev–Trinajstić information content (AvgIpc) is 3.62. The van der Waals surface area contributed by atoms with Gasteiger partial charge in [-0.2, -0.15) is 0 Å². The third-order valence-corrected chi connectivity index (χ3v) is 14.9. The lowest BCUT2D eigenvalue weighted by Gasteiger charge is -2.43. The van der Waals surface area contributed by atoms with Crippen LogP contribution in [-0.2, 0) is 30.5 Å². The Morgan fingerprint density at radius 2 is 1.61 bits per heavy atom. The number of ether oxygens (including phenoxy) is 4. The maximum absolute atomic E-state index is 13.5. The summed E-state index contributed by atoms with van der Waals surface area (Å²) in [5, 5.41) is 26.6. The zero-order valence-electron chi connectivity index (χ0n) is 42.9. The molecule has 5 aliphatic rings. The van der Waals surface area contributed by atoms with Crippen LogP contribution in [-0.4, -0.2) is 130 Å². The van der Waals surface area contributed by atoms with Crippen LogP contribution in [0.5, 0.6) is 11.6 Å². The number of para-hydroxylation sites is 1. The van der Waals surface area contributed by atoms with E-state index >= 15 is 0 Å². The number of rotatable bonds is 19. The first-order valence-electron chi connectivity index (χ1n) is 26.1. The summed E-state index contributed by atoms with van der Waals surface area (Å²) in [4.78, 5) is 73.4. The molecule has 21 heteroatoms. The van der Waals surface area contributed by atoms with Crippen molar-refractivity contribution in [3.05, 3.63) is 78.5 Å². The van der Waals surface area contributed by atoms with E-state index in [1.54, 1.807) is 17.0 Å². The molecule has 2 aliphatic carbocycles. The van der Waals surface area contributed by atoms with Crippen molar-refractivity contribution >= 4 is 52.8 Å². The second-order valence-electron chi connectivity index (χ2n) is 21.4. The predicted octanol–water partition coefficient (Wildman–Crippen LogP) is 6.01. The highest BCUT2D eigenvalue weighted by Crippen LogP contribution is 2.43. The molecule has 2 aromatic carbocycles. The number of carbonyl (C=O) groups excluding carboxylic acids is 4. The summed E-state index contributed by atoms with van der Waals surface area (Å²) in [5.41, 5.74) is 14.2. The summed E-state index contributed by atoms with van der Waals surface area (Å²) < 4.78 is 24.7. The van der Waals surface area contributed by atoms with Crippen LogP contribution in [0.2, 0.25) is 0 Å². The van der Waals surface area contributed by atoms with Gasteiger partial charge in [-0.15, -0.1) is 10.2 Å². The standard InChI is InChI=1S/C54H69N11O10/c1-53(2,3)75-52(71)63-24-18-38(19-25-63)73-39-27-40(28-39)74-46-26-35(17-23-57-46)65-36-15-16-37(65)31-64(30-36)44-29-43(61-62-47(44)55)41-8-4-5-10-45(41)72-32-33-11-13-34(14-12-33)59-48(66)42(9-6-22-58-51(56)70)60-49(67)54(50(68)69)20-7-21-54/h4-5,8,10-14,17,23,26,29,36-40,42H,6-7,9,15-16,18-22,24-25,27-28,30-32H2,1-3H3,(H2,55,62)(H,59,66)(H,60,67)(H,68,69)(H3,56,58,70)/t36?,37?,39-,40-,42-/m0/s1. The molecule has 21 nitrogen and oxygen atoms in total. The van der Waals surface area contributed by atoms with Crippen molar-refractivity contribution in [3.63, 3.8) is 0 Å².